The van der Waals surface area contributed by atoms with Crippen LogP contribution < -0.4 is 15.4 Å². The van der Waals surface area contributed by atoms with Gasteiger partial charge in [-0.1, -0.05) is 19.4 Å². The van der Waals surface area contributed by atoms with Crippen molar-refractivity contribution in [3.05, 3.63) is 24.3 Å². The van der Waals surface area contributed by atoms with Crippen LogP contribution in [0.1, 0.15) is 32.6 Å². The first kappa shape index (κ1) is 13.2. The van der Waals surface area contributed by atoms with E-state index in [4.69, 9.17) is 10.5 Å². The summed E-state index contributed by atoms with van der Waals surface area (Å²) in [5.74, 6) is 0.972. The van der Waals surface area contributed by atoms with Gasteiger partial charge in [0.2, 0.25) is 0 Å². The van der Waals surface area contributed by atoms with Crippen LogP contribution >= 0.6 is 0 Å². The molecule has 1 saturated heterocycles. The maximum Gasteiger partial charge on any atom is 0.121 e. The number of benzene rings is 1. The average Bonchev–Trinajstić information content (AvgIpc) is 2.39. The SMILES string of the molecule is CCCCOc1cccc(N2CCCC(N)C2)c1. The van der Waals surface area contributed by atoms with Gasteiger partial charge in [0.1, 0.15) is 5.75 Å². The first-order valence-electron chi connectivity index (χ1n) is 7.03. The van der Waals surface area contributed by atoms with Gasteiger partial charge in [-0.15, -0.1) is 0 Å². The summed E-state index contributed by atoms with van der Waals surface area (Å²) in [5, 5.41) is 0. The summed E-state index contributed by atoms with van der Waals surface area (Å²) in [6, 6.07) is 8.68. The zero-order valence-corrected chi connectivity index (χ0v) is 11.3. The summed E-state index contributed by atoms with van der Waals surface area (Å²) >= 11 is 0. The summed E-state index contributed by atoms with van der Waals surface area (Å²) in [5.41, 5.74) is 7.26. The molecule has 0 saturated carbocycles. The van der Waals surface area contributed by atoms with Gasteiger partial charge in [-0.2, -0.15) is 0 Å². The molecule has 1 atom stereocenters. The number of hydrogen-bond donors (Lipinski definition) is 1. The van der Waals surface area contributed by atoms with Crippen molar-refractivity contribution >= 4 is 5.69 Å². The molecule has 3 nitrogen and oxygen atoms in total. The summed E-state index contributed by atoms with van der Waals surface area (Å²) in [4.78, 5) is 2.36. The first-order valence-corrected chi connectivity index (χ1v) is 7.03. The Balaban J connectivity index is 1.97. The van der Waals surface area contributed by atoms with E-state index in [9.17, 15) is 0 Å². The van der Waals surface area contributed by atoms with Crippen molar-refractivity contribution in [2.45, 2.75) is 38.6 Å². The van der Waals surface area contributed by atoms with Crippen molar-refractivity contribution in [3.8, 4) is 5.75 Å². The number of rotatable bonds is 5. The molecule has 3 heteroatoms. The second-order valence-electron chi connectivity index (χ2n) is 5.05. The molecule has 1 fully saturated rings. The predicted octanol–water partition coefficient (Wildman–Crippen LogP) is 2.79. The Morgan fingerprint density at radius 1 is 1.44 bits per heavy atom. The highest BCUT2D eigenvalue weighted by molar-refractivity contribution is 5.51. The standard InChI is InChI=1S/C15H24N2O/c1-2-3-10-18-15-8-4-7-14(11-15)17-9-5-6-13(16)12-17/h4,7-8,11,13H,2-3,5-6,9-10,12,16H2,1H3. The van der Waals surface area contributed by atoms with Crippen LogP contribution in [-0.2, 0) is 0 Å². The fourth-order valence-electron chi connectivity index (χ4n) is 2.35. The summed E-state index contributed by atoms with van der Waals surface area (Å²) in [7, 11) is 0. The van der Waals surface area contributed by atoms with E-state index in [0.29, 0.717) is 6.04 Å². The third-order valence-corrected chi connectivity index (χ3v) is 3.41. The second-order valence-corrected chi connectivity index (χ2v) is 5.05. The molecule has 100 valence electrons. The summed E-state index contributed by atoms with van der Waals surface area (Å²) in [6.45, 7) is 5.04. The lowest BCUT2D eigenvalue weighted by atomic mass is 10.1. The topological polar surface area (TPSA) is 38.5 Å². The van der Waals surface area contributed by atoms with Gasteiger partial charge in [-0.3, -0.25) is 0 Å². The Morgan fingerprint density at radius 3 is 3.11 bits per heavy atom. The zero-order valence-electron chi connectivity index (χ0n) is 11.3. The van der Waals surface area contributed by atoms with Crippen LogP contribution in [0.15, 0.2) is 24.3 Å². The Labute approximate surface area is 110 Å². The Hall–Kier alpha value is -1.22. The lowest BCUT2D eigenvalue weighted by Crippen LogP contribution is -2.42. The van der Waals surface area contributed by atoms with Gasteiger partial charge >= 0.3 is 0 Å². The van der Waals surface area contributed by atoms with Crippen molar-refractivity contribution in [2.75, 3.05) is 24.6 Å². The number of nitrogens with zero attached hydrogens (tertiary/aromatic N) is 1. The molecule has 18 heavy (non-hydrogen) atoms. The summed E-state index contributed by atoms with van der Waals surface area (Å²) in [6.07, 6.45) is 4.60. The van der Waals surface area contributed by atoms with Gasteiger partial charge in [0.05, 0.1) is 6.61 Å². The Morgan fingerprint density at radius 2 is 2.33 bits per heavy atom. The van der Waals surface area contributed by atoms with E-state index in [0.717, 1.165) is 38.3 Å². The molecule has 0 aliphatic carbocycles. The molecule has 0 aromatic heterocycles. The number of piperidine rings is 1. The van der Waals surface area contributed by atoms with Crippen LogP contribution in [0.2, 0.25) is 0 Å². The van der Waals surface area contributed by atoms with Gasteiger partial charge < -0.3 is 15.4 Å². The van der Waals surface area contributed by atoms with Crippen LogP contribution in [0, 0.1) is 0 Å². The normalized spacial score (nSPS) is 19.9. The molecule has 1 aromatic rings. The number of anilines is 1. The molecule has 1 heterocycles. The first-order chi connectivity index (χ1) is 8.79. The molecule has 2 rings (SSSR count). The zero-order chi connectivity index (χ0) is 12.8. The fourth-order valence-corrected chi connectivity index (χ4v) is 2.35. The minimum atomic E-state index is 0.309. The monoisotopic (exact) mass is 248 g/mol. The van der Waals surface area contributed by atoms with E-state index in [2.05, 4.69) is 30.0 Å². The predicted molar refractivity (Wildman–Crippen MR) is 76.3 cm³/mol. The minimum Gasteiger partial charge on any atom is -0.494 e. The molecule has 2 N–H and O–H groups in total. The van der Waals surface area contributed by atoms with Crippen molar-refractivity contribution < 1.29 is 4.74 Å². The van der Waals surface area contributed by atoms with Gasteiger partial charge in [0.25, 0.3) is 0 Å². The smallest absolute Gasteiger partial charge is 0.121 e. The number of hydrogen-bond acceptors (Lipinski definition) is 3. The quantitative estimate of drug-likeness (QED) is 0.814. The maximum absolute atomic E-state index is 6.03. The molecule has 0 bridgehead atoms. The van der Waals surface area contributed by atoms with Crippen molar-refractivity contribution in [1.29, 1.82) is 0 Å². The molecule has 0 spiro atoms. The van der Waals surface area contributed by atoms with Gasteiger partial charge in [-0.25, -0.2) is 0 Å². The highest BCUT2D eigenvalue weighted by Crippen LogP contribution is 2.24. The van der Waals surface area contributed by atoms with E-state index in [-0.39, 0.29) is 0 Å². The molecule has 0 radical (unpaired) electrons. The molecular weight excluding hydrogens is 224 g/mol. The Kier molecular flexibility index (Phi) is 4.88. The third-order valence-electron chi connectivity index (χ3n) is 3.41. The number of ether oxygens (including phenoxy) is 1. The van der Waals surface area contributed by atoms with E-state index in [1.54, 1.807) is 0 Å². The maximum atomic E-state index is 6.03. The lowest BCUT2D eigenvalue weighted by molar-refractivity contribution is 0.309. The molecule has 1 aliphatic heterocycles. The highest BCUT2D eigenvalue weighted by Gasteiger charge is 2.17. The average molecular weight is 248 g/mol. The molecular formula is C15H24N2O. The molecule has 1 aliphatic rings. The molecule has 1 unspecified atom stereocenters. The molecule has 1 aromatic carbocycles. The summed E-state index contributed by atoms with van der Waals surface area (Å²) < 4.78 is 5.75. The van der Waals surface area contributed by atoms with Crippen LogP contribution in [0.25, 0.3) is 0 Å². The van der Waals surface area contributed by atoms with Crippen LogP contribution in [0.3, 0.4) is 0 Å². The molecule has 0 amide bonds. The lowest BCUT2D eigenvalue weighted by Gasteiger charge is -2.32. The van der Waals surface area contributed by atoms with Crippen LogP contribution in [0.5, 0.6) is 5.75 Å². The van der Waals surface area contributed by atoms with Crippen LogP contribution in [-0.4, -0.2) is 25.7 Å². The number of nitrogens with two attached hydrogens (primary N) is 1. The number of unbranched alkanes of at least 4 members (excludes halogenated alkanes) is 1. The van der Waals surface area contributed by atoms with Crippen molar-refractivity contribution in [2.24, 2.45) is 5.73 Å². The second kappa shape index (κ2) is 6.64. The minimum absolute atomic E-state index is 0.309. The van der Waals surface area contributed by atoms with Crippen LogP contribution in [0.4, 0.5) is 5.69 Å². The van der Waals surface area contributed by atoms with Gasteiger partial charge in [0.15, 0.2) is 0 Å². The van der Waals surface area contributed by atoms with Gasteiger partial charge in [0, 0.05) is 30.9 Å². The highest BCUT2D eigenvalue weighted by atomic mass is 16.5. The van der Waals surface area contributed by atoms with Crippen molar-refractivity contribution in [3.63, 3.8) is 0 Å². The third kappa shape index (κ3) is 3.64. The van der Waals surface area contributed by atoms with E-state index in [1.165, 1.54) is 18.5 Å². The fraction of sp³-hybridized carbons (Fsp3) is 0.600. The largest absolute Gasteiger partial charge is 0.494 e. The van der Waals surface area contributed by atoms with E-state index < -0.39 is 0 Å². The van der Waals surface area contributed by atoms with E-state index >= 15 is 0 Å². The van der Waals surface area contributed by atoms with Crippen molar-refractivity contribution in [1.82, 2.24) is 0 Å². The van der Waals surface area contributed by atoms with E-state index in [1.807, 2.05) is 6.07 Å². The Bertz CT molecular complexity index is 367. The van der Waals surface area contributed by atoms with Gasteiger partial charge in [-0.05, 0) is 31.4 Å².